The van der Waals surface area contributed by atoms with Crippen LogP contribution >= 0.6 is 0 Å². The maximum atomic E-state index is 13.4. The van der Waals surface area contributed by atoms with E-state index in [-0.39, 0.29) is 5.91 Å². The smallest absolute Gasteiger partial charge is 0.259 e. The van der Waals surface area contributed by atoms with Gasteiger partial charge in [0.05, 0.1) is 11.8 Å². The number of amides is 2. The van der Waals surface area contributed by atoms with E-state index in [2.05, 4.69) is 6.07 Å². The number of carbonyl (C=O) groups is 2. The summed E-state index contributed by atoms with van der Waals surface area (Å²) in [7, 11) is 0. The summed E-state index contributed by atoms with van der Waals surface area (Å²) < 4.78 is 0. The van der Waals surface area contributed by atoms with Crippen molar-refractivity contribution in [3.05, 3.63) is 101 Å². The van der Waals surface area contributed by atoms with Gasteiger partial charge in [-0.05, 0) is 47.0 Å². The second-order valence-electron chi connectivity index (χ2n) is 6.64. The number of carbonyl (C=O) groups excluding carboxylic acids is 2. The Hall–Kier alpha value is -4.17. The van der Waals surface area contributed by atoms with Crippen molar-refractivity contribution in [1.82, 2.24) is 0 Å². The molecule has 5 nitrogen and oxygen atoms in total. The van der Waals surface area contributed by atoms with Crippen LogP contribution in [0.5, 0.6) is 0 Å². The SMILES string of the molecule is N#CC1C(c2ccccc2C(N)=O)=Cc2ccccc2N1C(=O)c1ccccc1. The van der Waals surface area contributed by atoms with Gasteiger partial charge in [0.25, 0.3) is 5.91 Å². The Labute approximate surface area is 168 Å². The van der Waals surface area contributed by atoms with Crippen molar-refractivity contribution in [3.63, 3.8) is 0 Å². The molecule has 1 atom stereocenters. The number of nitrogens with two attached hydrogens (primary N) is 1. The first-order chi connectivity index (χ1) is 14.1. The summed E-state index contributed by atoms with van der Waals surface area (Å²) in [5.74, 6) is -0.871. The second-order valence-corrected chi connectivity index (χ2v) is 6.64. The Morgan fingerprint density at radius 3 is 2.28 bits per heavy atom. The maximum absolute atomic E-state index is 13.4. The van der Waals surface area contributed by atoms with Gasteiger partial charge in [0.15, 0.2) is 6.04 Å². The molecule has 4 rings (SSSR count). The zero-order chi connectivity index (χ0) is 20.4. The normalized spacial score (nSPS) is 15.1. The molecule has 5 heteroatoms. The fraction of sp³-hybridized carbons (Fsp3) is 0.0417. The molecule has 0 saturated heterocycles. The Bertz CT molecular complexity index is 1180. The quantitative estimate of drug-likeness (QED) is 0.749. The minimum Gasteiger partial charge on any atom is -0.366 e. The minimum atomic E-state index is -0.905. The molecule has 0 aliphatic carbocycles. The van der Waals surface area contributed by atoms with Crippen molar-refractivity contribution < 1.29 is 9.59 Å². The van der Waals surface area contributed by atoms with Crippen LogP contribution < -0.4 is 10.6 Å². The molecule has 0 spiro atoms. The Kier molecular flexibility index (Phi) is 4.68. The summed E-state index contributed by atoms with van der Waals surface area (Å²) >= 11 is 0. The van der Waals surface area contributed by atoms with E-state index < -0.39 is 11.9 Å². The summed E-state index contributed by atoms with van der Waals surface area (Å²) in [5.41, 5.74) is 8.89. The van der Waals surface area contributed by atoms with Crippen LogP contribution in [0.15, 0.2) is 78.9 Å². The molecule has 0 aromatic heterocycles. The predicted octanol–water partition coefficient (Wildman–Crippen LogP) is 3.88. The van der Waals surface area contributed by atoms with Crippen LogP contribution in [0.2, 0.25) is 0 Å². The van der Waals surface area contributed by atoms with Crippen molar-refractivity contribution in [3.8, 4) is 6.07 Å². The van der Waals surface area contributed by atoms with Crippen molar-refractivity contribution in [1.29, 1.82) is 5.26 Å². The highest BCUT2D eigenvalue weighted by atomic mass is 16.2. The number of fused-ring (bicyclic) bond motifs is 1. The summed E-state index contributed by atoms with van der Waals surface area (Å²) in [4.78, 5) is 26.8. The molecule has 1 heterocycles. The highest BCUT2D eigenvalue weighted by Gasteiger charge is 2.35. The molecule has 2 N–H and O–H groups in total. The number of para-hydroxylation sites is 1. The minimum absolute atomic E-state index is 0.285. The molecule has 1 aliphatic rings. The van der Waals surface area contributed by atoms with E-state index in [0.717, 1.165) is 5.56 Å². The topological polar surface area (TPSA) is 87.2 Å². The number of primary amides is 1. The second kappa shape index (κ2) is 7.45. The first-order valence-electron chi connectivity index (χ1n) is 9.10. The van der Waals surface area contributed by atoms with E-state index >= 15 is 0 Å². The lowest BCUT2D eigenvalue weighted by atomic mass is 9.87. The van der Waals surface area contributed by atoms with Crippen LogP contribution in [-0.4, -0.2) is 17.9 Å². The predicted molar refractivity (Wildman–Crippen MR) is 112 cm³/mol. The summed E-state index contributed by atoms with van der Waals surface area (Å²) in [6.45, 7) is 0. The number of anilines is 1. The van der Waals surface area contributed by atoms with Gasteiger partial charge in [-0.1, -0.05) is 54.6 Å². The van der Waals surface area contributed by atoms with Crippen LogP contribution in [0, 0.1) is 11.3 Å². The van der Waals surface area contributed by atoms with Gasteiger partial charge in [-0.25, -0.2) is 0 Å². The average molecular weight is 379 g/mol. The molecule has 3 aromatic carbocycles. The van der Waals surface area contributed by atoms with Gasteiger partial charge in [0.2, 0.25) is 5.91 Å². The molecule has 0 bridgehead atoms. The Morgan fingerprint density at radius 1 is 0.897 bits per heavy atom. The molecule has 3 aromatic rings. The maximum Gasteiger partial charge on any atom is 0.259 e. The number of rotatable bonds is 3. The zero-order valence-electron chi connectivity index (χ0n) is 15.4. The number of nitrogens with zero attached hydrogens (tertiary/aromatic N) is 2. The molecule has 1 unspecified atom stereocenters. The largest absolute Gasteiger partial charge is 0.366 e. The van der Waals surface area contributed by atoms with Gasteiger partial charge in [-0.3, -0.25) is 14.5 Å². The lowest BCUT2D eigenvalue weighted by molar-refractivity contribution is 0.0983. The van der Waals surface area contributed by atoms with Crippen molar-refractivity contribution in [2.75, 3.05) is 4.90 Å². The van der Waals surface area contributed by atoms with Gasteiger partial charge in [-0.15, -0.1) is 0 Å². The van der Waals surface area contributed by atoms with Gasteiger partial charge >= 0.3 is 0 Å². The van der Waals surface area contributed by atoms with Crippen LogP contribution in [0.1, 0.15) is 31.8 Å². The van der Waals surface area contributed by atoms with Crippen molar-refractivity contribution in [2.24, 2.45) is 5.73 Å². The lowest BCUT2D eigenvalue weighted by Crippen LogP contribution is -2.42. The van der Waals surface area contributed by atoms with E-state index in [0.29, 0.717) is 28.0 Å². The summed E-state index contributed by atoms with van der Waals surface area (Å²) in [6, 6.07) is 24.4. The number of hydrogen-bond acceptors (Lipinski definition) is 3. The first-order valence-corrected chi connectivity index (χ1v) is 9.10. The van der Waals surface area contributed by atoms with E-state index in [1.165, 1.54) is 4.90 Å². The Balaban J connectivity index is 1.93. The monoisotopic (exact) mass is 379 g/mol. The van der Waals surface area contributed by atoms with E-state index in [9.17, 15) is 14.9 Å². The van der Waals surface area contributed by atoms with Crippen LogP contribution in [0.4, 0.5) is 5.69 Å². The van der Waals surface area contributed by atoms with Crippen molar-refractivity contribution >= 4 is 29.2 Å². The highest BCUT2D eigenvalue weighted by Crippen LogP contribution is 2.38. The molecule has 0 radical (unpaired) electrons. The van der Waals surface area contributed by atoms with Gasteiger partial charge in [-0.2, -0.15) is 5.26 Å². The molecular formula is C24H17N3O2. The number of nitriles is 1. The number of hydrogen-bond donors (Lipinski definition) is 1. The summed E-state index contributed by atoms with van der Waals surface area (Å²) in [6.07, 6.45) is 1.85. The van der Waals surface area contributed by atoms with Gasteiger partial charge in [0.1, 0.15) is 0 Å². The molecule has 29 heavy (non-hydrogen) atoms. The van der Waals surface area contributed by atoms with Crippen LogP contribution in [0.3, 0.4) is 0 Å². The fourth-order valence-corrected chi connectivity index (χ4v) is 3.60. The fourth-order valence-electron chi connectivity index (χ4n) is 3.60. The molecule has 0 fully saturated rings. The summed E-state index contributed by atoms with van der Waals surface area (Å²) in [5, 5.41) is 10.0. The number of benzene rings is 3. The lowest BCUT2D eigenvalue weighted by Gasteiger charge is -2.34. The standard InChI is InChI=1S/C24H17N3O2/c25-15-22-20(18-11-5-6-12-19(18)23(26)28)14-17-10-4-7-13-21(17)27(22)24(29)16-8-2-1-3-9-16/h1-14,22H,(H2,26,28). The van der Waals surface area contributed by atoms with E-state index in [4.69, 9.17) is 5.73 Å². The van der Waals surface area contributed by atoms with Crippen molar-refractivity contribution in [2.45, 2.75) is 6.04 Å². The van der Waals surface area contributed by atoms with Gasteiger partial charge in [0, 0.05) is 11.1 Å². The molecule has 1 aliphatic heterocycles. The molecular weight excluding hydrogens is 362 g/mol. The third-order valence-electron chi connectivity index (χ3n) is 4.93. The highest BCUT2D eigenvalue weighted by molar-refractivity contribution is 6.13. The van der Waals surface area contributed by atoms with Crippen LogP contribution in [0.25, 0.3) is 11.6 Å². The first kappa shape index (κ1) is 18.2. The molecule has 140 valence electrons. The average Bonchev–Trinajstić information content (AvgIpc) is 2.77. The molecule has 0 saturated carbocycles. The third-order valence-corrected chi connectivity index (χ3v) is 4.93. The van der Waals surface area contributed by atoms with Crippen LogP contribution in [-0.2, 0) is 0 Å². The van der Waals surface area contributed by atoms with E-state index in [1.54, 1.807) is 48.5 Å². The van der Waals surface area contributed by atoms with E-state index in [1.807, 2.05) is 36.4 Å². The van der Waals surface area contributed by atoms with Gasteiger partial charge < -0.3 is 5.73 Å². The molecule has 2 amide bonds. The Morgan fingerprint density at radius 2 is 1.55 bits per heavy atom. The third kappa shape index (κ3) is 3.17. The zero-order valence-corrected chi connectivity index (χ0v) is 15.4.